The van der Waals surface area contributed by atoms with E-state index in [4.69, 9.17) is 14.6 Å². The van der Waals surface area contributed by atoms with Crippen LogP contribution in [0.25, 0.3) is 11.4 Å². The average Bonchev–Trinajstić information content (AvgIpc) is 3.33. The Labute approximate surface area is 158 Å². The summed E-state index contributed by atoms with van der Waals surface area (Å²) in [4.78, 5) is 17.1. The monoisotopic (exact) mass is 365 g/mol. The normalized spacial score (nSPS) is 18.6. The highest BCUT2D eigenvalue weighted by molar-refractivity contribution is 5.56. The fraction of sp³-hybridized carbons (Fsp3) is 0.286. The molecule has 0 radical (unpaired) electrons. The van der Waals surface area contributed by atoms with Gasteiger partial charge in [0.2, 0.25) is 0 Å². The molecule has 0 unspecified atom stereocenters. The molecule has 0 spiro atoms. The highest BCUT2D eigenvalue weighted by atomic mass is 16.5. The van der Waals surface area contributed by atoms with Crippen LogP contribution in [0.4, 0.5) is 0 Å². The van der Waals surface area contributed by atoms with Gasteiger partial charge in [-0.1, -0.05) is 29.8 Å². The highest BCUT2D eigenvalue weighted by Crippen LogP contribution is 2.32. The van der Waals surface area contributed by atoms with Crippen molar-refractivity contribution in [2.45, 2.75) is 19.4 Å². The van der Waals surface area contributed by atoms with Crippen molar-refractivity contribution in [2.24, 2.45) is 5.92 Å². The number of ether oxygens (including phenoxy) is 1. The predicted molar refractivity (Wildman–Crippen MR) is 102 cm³/mol. The minimum absolute atomic E-state index is 0.250. The fourth-order valence-corrected chi connectivity index (χ4v) is 3.42. The van der Waals surface area contributed by atoms with Gasteiger partial charge in [0.1, 0.15) is 5.82 Å². The standard InChI is InChI=1S/C20H21N3O.CH2O2/c1-15-2-4-17(5-3-15)20-22-10-11-23(20)19-14-24-13-18(19)12-16-6-8-21-9-7-16;2-1-3/h2-11,18-19H,12-14H2,1H3;1H,(H,2,3)/t18-,19+;/m0./s1. The maximum atomic E-state index is 8.36. The first-order chi connectivity index (χ1) is 13.2. The second-order valence-corrected chi connectivity index (χ2v) is 6.55. The number of hydrogen-bond donors (Lipinski definition) is 1. The Bertz CT molecular complexity index is 847. The van der Waals surface area contributed by atoms with E-state index in [1.54, 1.807) is 0 Å². The van der Waals surface area contributed by atoms with E-state index >= 15 is 0 Å². The molecule has 6 heteroatoms. The lowest BCUT2D eigenvalue weighted by Crippen LogP contribution is -2.20. The van der Waals surface area contributed by atoms with E-state index in [1.165, 1.54) is 11.1 Å². The van der Waals surface area contributed by atoms with Crippen molar-refractivity contribution < 1.29 is 14.6 Å². The number of carbonyl (C=O) groups is 1. The molecule has 0 bridgehead atoms. The Morgan fingerprint density at radius 2 is 1.85 bits per heavy atom. The van der Waals surface area contributed by atoms with Crippen LogP contribution in [0, 0.1) is 12.8 Å². The fourth-order valence-electron chi connectivity index (χ4n) is 3.42. The van der Waals surface area contributed by atoms with Gasteiger partial charge in [-0.25, -0.2) is 4.98 Å². The Morgan fingerprint density at radius 3 is 2.56 bits per heavy atom. The van der Waals surface area contributed by atoms with Crippen LogP contribution in [-0.4, -0.2) is 39.3 Å². The highest BCUT2D eigenvalue weighted by Gasteiger charge is 2.31. The SMILES string of the molecule is Cc1ccc(-c2nccn2[C@@H]2COC[C@@H]2Cc2ccncc2)cc1.O=CO. The van der Waals surface area contributed by atoms with Gasteiger partial charge in [0.05, 0.1) is 19.3 Å². The summed E-state index contributed by atoms with van der Waals surface area (Å²) in [7, 11) is 0. The topological polar surface area (TPSA) is 77.2 Å². The van der Waals surface area contributed by atoms with Crippen molar-refractivity contribution in [3.8, 4) is 11.4 Å². The number of hydrogen-bond acceptors (Lipinski definition) is 4. The molecule has 27 heavy (non-hydrogen) atoms. The molecule has 1 saturated heterocycles. The number of imidazole rings is 1. The first kappa shape index (κ1) is 18.8. The lowest BCUT2D eigenvalue weighted by atomic mass is 9.95. The zero-order chi connectivity index (χ0) is 19.1. The van der Waals surface area contributed by atoms with Crippen LogP contribution in [0.1, 0.15) is 17.2 Å². The lowest BCUT2D eigenvalue weighted by molar-refractivity contribution is -0.122. The maximum absolute atomic E-state index is 8.36. The van der Waals surface area contributed by atoms with E-state index in [9.17, 15) is 0 Å². The molecule has 1 fully saturated rings. The average molecular weight is 365 g/mol. The van der Waals surface area contributed by atoms with E-state index in [1.807, 2.05) is 18.6 Å². The molecular weight excluding hydrogens is 342 g/mol. The second-order valence-electron chi connectivity index (χ2n) is 6.55. The predicted octanol–water partition coefficient (Wildman–Crippen LogP) is 3.38. The van der Waals surface area contributed by atoms with Gasteiger partial charge in [-0.3, -0.25) is 9.78 Å². The van der Waals surface area contributed by atoms with Gasteiger partial charge in [-0.2, -0.15) is 0 Å². The van der Waals surface area contributed by atoms with Gasteiger partial charge in [0, 0.05) is 36.3 Å². The van der Waals surface area contributed by atoms with Gasteiger partial charge >= 0.3 is 0 Å². The van der Waals surface area contributed by atoms with Crippen LogP contribution in [0.15, 0.2) is 61.2 Å². The van der Waals surface area contributed by atoms with Crippen LogP contribution >= 0.6 is 0 Å². The molecule has 0 aliphatic carbocycles. The number of benzene rings is 1. The molecule has 1 N–H and O–H groups in total. The quantitative estimate of drug-likeness (QED) is 0.717. The molecule has 3 aromatic rings. The number of rotatable bonds is 4. The summed E-state index contributed by atoms with van der Waals surface area (Å²) < 4.78 is 8.09. The Hall–Kier alpha value is -2.99. The van der Waals surface area contributed by atoms with Crippen molar-refractivity contribution in [1.82, 2.24) is 14.5 Å². The Morgan fingerprint density at radius 1 is 1.15 bits per heavy atom. The molecule has 0 saturated carbocycles. The minimum atomic E-state index is -0.250. The number of pyridine rings is 1. The molecule has 0 amide bonds. The third-order valence-electron chi connectivity index (χ3n) is 4.75. The van der Waals surface area contributed by atoms with E-state index in [2.05, 4.69) is 64.1 Å². The summed E-state index contributed by atoms with van der Waals surface area (Å²) in [6.45, 7) is 3.38. The van der Waals surface area contributed by atoms with Crippen LogP contribution in [0.3, 0.4) is 0 Å². The van der Waals surface area contributed by atoms with Gasteiger partial charge < -0.3 is 14.4 Å². The summed E-state index contributed by atoms with van der Waals surface area (Å²) in [6, 6.07) is 13.0. The van der Waals surface area contributed by atoms with Gasteiger partial charge in [-0.05, 0) is 31.0 Å². The minimum Gasteiger partial charge on any atom is -0.483 e. The molecule has 4 rings (SSSR count). The van der Waals surface area contributed by atoms with Crippen LogP contribution in [-0.2, 0) is 16.0 Å². The second kappa shape index (κ2) is 9.09. The molecule has 1 aromatic carbocycles. The number of nitrogens with zero attached hydrogens (tertiary/aromatic N) is 3. The molecule has 2 atom stereocenters. The summed E-state index contributed by atoms with van der Waals surface area (Å²) in [6.07, 6.45) is 8.67. The smallest absolute Gasteiger partial charge is 0.290 e. The number of aryl methyl sites for hydroxylation is 1. The molecular formula is C21H23N3O3. The van der Waals surface area contributed by atoms with Crippen molar-refractivity contribution >= 4 is 6.47 Å². The number of carboxylic acid groups (broad SMARTS) is 1. The van der Waals surface area contributed by atoms with E-state index in [-0.39, 0.29) is 6.47 Å². The van der Waals surface area contributed by atoms with E-state index in [0.717, 1.165) is 31.0 Å². The van der Waals surface area contributed by atoms with Crippen molar-refractivity contribution in [3.05, 3.63) is 72.3 Å². The van der Waals surface area contributed by atoms with Crippen molar-refractivity contribution in [1.29, 1.82) is 0 Å². The summed E-state index contributed by atoms with van der Waals surface area (Å²) >= 11 is 0. The van der Waals surface area contributed by atoms with Crippen molar-refractivity contribution in [3.63, 3.8) is 0 Å². The Balaban J connectivity index is 0.000000659. The van der Waals surface area contributed by atoms with E-state index in [0.29, 0.717) is 12.0 Å². The van der Waals surface area contributed by atoms with Gasteiger partial charge in [0.25, 0.3) is 6.47 Å². The third kappa shape index (κ3) is 4.60. The maximum Gasteiger partial charge on any atom is 0.290 e. The molecule has 1 aliphatic heterocycles. The van der Waals surface area contributed by atoms with Crippen molar-refractivity contribution in [2.75, 3.05) is 13.2 Å². The van der Waals surface area contributed by atoms with Gasteiger partial charge in [-0.15, -0.1) is 0 Å². The van der Waals surface area contributed by atoms with Crippen LogP contribution in [0.2, 0.25) is 0 Å². The molecule has 1 aliphatic rings. The molecule has 140 valence electrons. The summed E-state index contributed by atoms with van der Waals surface area (Å²) in [5.41, 5.74) is 3.72. The molecule has 2 aromatic heterocycles. The summed E-state index contributed by atoms with van der Waals surface area (Å²) in [5.74, 6) is 1.47. The largest absolute Gasteiger partial charge is 0.483 e. The first-order valence-corrected chi connectivity index (χ1v) is 8.87. The molecule has 3 heterocycles. The zero-order valence-corrected chi connectivity index (χ0v) is 15.2. The zero-order valence-electron chi connectivity index (χ0n) is 15.2. The van der Waals surface area contributed by atoms with Crippen LogP contribution < -0.4 is 0 Å². The molecule has 6 nitrogen and oxygen atoms in total. The van der Waals surface area contributed by atoms with Gasteiger partial charge in [0.15, 0.2) is 0 Å². The third-order valence-corrected chi connectivity index (χ3v) is 4.75. The number of aromatic nitrogens is 3. The first-order valence-electron chi connectivity index (χ1n) is 8.87. The Kier molecular flexibility index (Phi) is 6.33. The lowest BCUT2D eigenvalue weighted by Gasteiger charge is -2.21. The summed E-state index contributed by atoms with van der Waals surface area (Å²) in [5, 5.41) is 6.89. The van der Waals surface area contributed by atoms with Crippen LogP contribution in [0.5, 0.6) is 0 Å². The van der Waals surface area contributed by atoms with E-state index < -0.39 is 0 Å².